The van der Waals surface area contributed by atoms with E-state index >= 15 is 0 Å². The van der Waals surface area contributed by atoms with Gasteiger partial charge in [-0.05, 0) is 53.6 Å². The number of carbonyl (C=O) groups is 1. The van der Waals surface area contributed by atoms with Crippen molar-refractivity contribution in [1.29, 1.82) is 0 Å². The Balaban J connectivity index is 1.50. The summed E-state index contributed by atoms with van der Waals surface area (Å²) in [5.74, 6) is 0.642. The number of anilines is 1. The third kappa shape index (κ3) is 4.47. The molecule has 0 atom stereocenters. The molecule has 3 aromatic carbocycles. The number of fused-ring (bicyclic) bond motifs is 1. The third-order valence-corrected chi connectivity index (χ3v) is 6.39. The molecule has 0 N–H and O–H groups in total. The van der Waals surface area contributed by atoms with Crippen LogP contribution < -0.4 is 9.64 Å². The van der Waals surface area contributed by atoms with Gasteiger partial charge in [-0.3, -0.25) is 14.7 Å². The number of aromatic nitrogens is 2. The Labute approximate surface area is 195 Å². The monoisotopic (exact) mass is 451 g/mol. The molecule has 5 rings (SSSR count). The molecular formula is C27H21N3O2S. The van der Waals surface area contributed by atoms with Crippen molar-refractivity contribution < 1.29 is 9.53 Å². The SMILES string of the molecule is COc1ccc2nc(N(Cc3ccccn3)C(=O)c3ccc(-c4ccccc4)cc3)sc2c1. The van der Waals surface area contributed by atoms with Gasteiger partial charge in [0.25, 0.3) is 5.91 Å². The van der Waals surface area contributed by atoms with Gasteiger partial charge in [0.1, 0.15) is 5.75 Å². The number of hydrogen-bond acceptors (Lipinski definition) is 5. The summed E-state index contributed by atoms with van der Waals surface area (Å²) < 4.78 is 6.30. The van der Waals surface area contributed by atoms with Gasteiger partial charge < -0.3 is 4.74 Å². The van der Waals surface area contributed by atoms with Crippen molar-refractivity contribution in [3.8, 4) is 16.9 Å². The smallest absolute Gasteiger partial charge is 0.260 e. The van der Waals surface area contributed by atoms with E-state index in [0.717, 1.165) is 32.8 Å². The maximum absolute atomic E-state index is 13.6. The minimum Gasteiger partial charge on any atom is -0.497 e. The van der Waals surface area contributed by atoms with Crippen LogP contribution in [0.5, 0.6) is 5.75 Å². The number of ether oxygens (including phenoxy) is 1. The number of benzene rings is 3. The molecule has 0 aliphatic rings. The lowest BCUT2D eigenvalue weighted by molar-refractivity contribution is 0.0985. The molecule has 0 spiro atoms. The van der Waals surface area contributed by atoms with Crippen molar-refractivity contribution >= 4 is 32.6 Å². The predicted octanol–water partition coefficient (Wildman–Crippen LogP) is 6.21. The van der Waals surface area contributed by atoms with E-state index in [9.17, 15) is 4.79 Å². The van der Waals surface area contributed by atoms with Crippen LogP contribution >= 0.6 is 11.3 Å². The molecule has 0 saturated heterocycles. The lowest BCUT2D eigenvalue weighted by Gasteiger charge is -2.20. The van der Waals surface area contributed by atoms with E-state index in [1.54, 1.807) is 18.2 Å². The molecular weight excluding hydrogens is 430 g/mol. The maximum Gasteiger partial charge on any atom is 0.260 e. The van der Waals surface area contributed by atoms with E-state index in [2.05, 4.69) is 17.1 Å². The number of amides is 1. The Hall–Kier alpha value is -4.03. The Bertz CT molecular complexity index is 1380. The van der Waals surface area contributed by atoms with Crippen LogP contribution in [-0.4, -0.2) is 23.0 Å². The quantitative estimate of drug-likeness (QED) is 0.308. The standard InChI is InChI=1S/C27H21N3O2S/c1-32-23-14-15-24-25(17-23)33-27(29-24)30(18-22-9-5-6-16-28-22)26(31)21-12-10-20(11-13-21)19-7-3-2-4-8-19/h2-17H,18H2,1H3. The molecule has 0 unspecified atom stereocenters. The summed E-state index contributed by atoms with van der Waals surface area (Å²) in [5, 5.41) is 0.626. The number of methoxy groups -OCH3 is 1. The van der Waals surface area contributed by atoms with E-state index in [-0.39, 0.29) is 5.91 Å². The number of hydrogen-bond donors (Lipinski definition) is 0. The number of rotatable bonds is 6. The molecule has 0 aliphatic carbocycles. The molecule has 5 nitrogen and oxygen atoms in total. The molecule has 0 saturated carbocycles. The van der Waals surface area contributed by atoms with Crippen molar-refractivity contribution in [2.24, 2.45) is 0 Å². The van der Waals surface area contributed by atoms with Crippen LogP contribution in [0.1, 0.15) is 16.1 Å². The zero-order valence-electron chi connectivity index (χ0n) is 18.0. The van der Waals surface area contributed by atoms with Crippen LogP contribution in [-0.2, 0) is 6.54 Å². The number of nitrogens with zero attached hydrogens (tertiary/aromatic N) is 3. The Morgan fingerprint density at radius 1 is 0.909 bits per heavy atom. The largest absolute Gasteiger partial charge is 0.497 e. The lowest BCUT2D eigenvalue weighted by atomic mass is 10.0. The molecule has 33 heavy (non-hydrogen) atoms. The second-order valence-corrected chi connectivity index (χ2v) is 8.49. The fourth-order valence-electron chi connectivity index (χ4n) is 3.61. The minimum atomic E-state index is -0.119. The van der Waals surface area contributed by atoms with Crippen LogP contribution in [0.3, 0.4) is 0 Å². The van der Waals surface area contributed by atoms with Crippen molar-refractivity contribution in [3.63, 3.8) is 0 Å². The van der Waals surface area contributed by atoms with Crippen molar-refractivity contribution in [3.05, 3.63) is 108 Å². The highest BCUT2D eigenvalue weighted by molar-refractivity contribution is 7.22. The molecule has 0 fully saturated rings. The van der Waals surface area contributed by atoms with Gasteiger partial charge >= 0.3 is 0 Å². The first kappa shape index (κ1) is 20.8. The first-order valence-corrected chi connectivity index (χ1v) is 11.3. The van der Waals surface area contributed by atoms with Crippen molar-refractivity contribution in [1.82, 2.24) is 9.97 Å². The summed E-state index contributed by atoms with van der Waals surface area (Å²) in [6.07, 6.45) is 1.73. The fraction of sp³-hybridized carbons (Fsp3) is 0.0741. The summed E-state index contributed by atoms with van der Waals surface area (Å²) >= 11 is 1.46. The highest BCUT2D eigenvalue weighted by atomic mass is 32.1. The van der Waals surface area contributed by atoms with Gasteiger partial charge in [0.05, 0.1) is 29.6 Å². The second kappa shape index (κ2) is 9.22. The zero-order chi connectivity index (χ0) is 22.6. The van der Waals surface area contributed by atoms with E-state index in [0.29, 0.717) is 17.2 Å². The minimum absolute atomic E-state index is 0.119. The number of pyridine rings is 1. The summed E-state index contributed by atoms with van der Waals surface area (Å²) in [4.78, 5) is 24.5. The molecule has 162 valence electrons. The normalized spacial score (nSPS) is 10.8. The van der Waals surface area contributed by atoms with E-state index in [4.69, 9.17) is 9.72 Å². The highest BCUT2D eigenvalue weighted by Crippen LogP contribution is 2.33. The molecule has 5 aromatic rings. The Kier molecular flexibility index (Phi) is 5.83. The summed E-state index contributed by atoms with van der Waals surface area (Å²) in [7, 11) is 1.64. The molecule has 2 heterocycles. The molecule has 2 aromatic heterocycles. The summed E-state index contributed by atoms with van der Waals surface area (Å²) in [6, 6.07) is 29.2. The molecule has 0 radical (unpaired) electrons. The van der Waals surface area contributed by atoms with Crippen LogP contribution in [0.25, 0.3) is 21.3 Å². The molecule has 6 heteroatoms. The first-order valence-electron chi connectivity index (χ1n) is 10.5. The first-order chi connectivity index (χ1) is 16.2. The van der Waals surface area contributed by atoms with Gasteiger partial charge in [-0.15, -0.1) is 0 Å². The highest BCUT2D eigenvalue weighted by Gasteiger charge is 2.22. The van der Waals surface area contributed by atoms with Crippen LogP contribution in [0.2, 0.25) is 0 Å². The molecule has 1 amide bonds. The zero-order valence-corrected chi connectivity index (χ0v) is 18.8. The van der Waals surface area contributed by atoms with Gasteiger partial charge in [-0.1, -0.05) is 59.9 Å². The topological polar surface area (TPSA) is 55.3 Å². The van der Waals surface area contributed by atoms with Crippen LogP contribution in [0.15, 0.2) is 97.2 Å². The van der Waals surface area contributed by atoms with Gasteiger partial charge in [0.2, 0.25) is 0 Å². The molecule has 0 bridgehead atoms. The molecule has 0 aliphatic heterocycles. The number of carbonyl (C=O) groups excluding carboxylic acids is 1. The van der Waals surface area contributed by atoms with E-state index < -0.39 is 0 Å². The fourth-order valence-corrected chi connectivity index (χ4v) is 4.60. The summed E-state index contributed by atoms with van der Waals surface area (Å²) in [6.45, 7) is 0.330. The number of thiazole rings is 1. The van der Waals surface area contributed by atoms with E-state index in [1.807, 2.05) is 78.9 Å². The van der Waals surface area contributed by atoms with Crippen molar-refractivity contribution in [2.45, 2.75) is 6.54 Å². The Morgan fingerprint density at radius 2 is 1.67 bits per heavy atom. The summed E-state index contributed by atoms with van der Waals surface area (Å²) in [5.41, 5.74) is 4.40. The van der Waals surface area contributed by atoms with Crippen molar-refractivity contribution in [2.75, 3.05) is 12.0 Å². The average molecular weight is 452 g/mol. The average Bonchev–Trinajstić information content (AvgIpc) is 3.31. The maximum atomic E-state index is 13.6. The van der Waals surface area contributed by atoms with E-state index in [1.165, 1.54) is 11.3 Å². The third-order valence-electron chi connectivity index (χ3n) is 5.35. The van der Waals surface area contributed by atoms with Gasteiger partial charge in [0, 0.05) is 11.8 Å². The Morgan fingerprint density at radius 3 is 2.39 bits per heavy atom. The van der Waals surface area contributed by atoms with Crippen LogP contribution in [0.4, 0.5) is 5.13 Å². The predicted molar refractivity (Wildman–Crippen MR) is 133 cm³/mol. The second-order valence-electron chi connectivity index (χ2n) is 7.49. The van der Waals surface area contributed by atoms with Crippen LogP contribution in [0, 0.1) is 0 Å². The lowest BCUT2D eigenvalue weighted by Crippen LogP contribution is -2.30. The van der Waals surface area contributed by atoms with Gasteiger partial charge in [0.15, 0.2) is 5.13 Å². The van der Waals surface area contributed by atoms with Gasteiger partial charge in [-0.2, -0.15) is 0 Å². The van der Waals surface area contributed by atoms with Gasteiger partial charge in [-0.25, -0.2) is 4.98 Å².